The molecule has 0 spiro atoms. The van der Waals surface area contributed by atoms with E-state index in [4.69, 9.17) is 21.1 Å². The van der Waals surface area contributed by atoms with Gasteiger partial charge in [0.1, 0.15) is 13.2 Å². The quantitative estimate of drug-likeness (QED) is 0.214. The van der Waals surface area contributed by atoms with Crippen molar-refractivity contribution < 1.29 is 23.9 Å². The molecule has 0 radical (unpaired) electrons. The van der Waals surface area contributed by atoms with Gasteiger partial charge in [0, 0.05) is 10.7 Å². The predicted octanol–water partition coefficient (Wildman–Crippen LogP) is 7.15. The molecule has 1 heterocycles. The maximum absolute atomic E-state index is 13.0. The highest BCUT2D eigenvalue weighted by atomic mass is 35.5. The van der Waals surface area contributed by atoms with E-state index in [9.17, 15) is 14.4 Å². The number of thioether (sulfide) groups is 1. The Morgan fingerprint density at radius 1 is 0.925 bits per heavy atom. The lowest BCUT2D eigenvalue weighted by atomic mass is 10.1. The molecule has 9 heteroatoms. The van der Waals surface area contributed by atoms with Crippen molar-refractivity contribution in [2.75, 3.05) is 18.5 Å². The highest BCUT2D eigenvalue weighted by Gasteiger charge is 2.36. The number of rotatable bonds is 9. The molecule has 1 N–H and O–H groups in total. The van der Waals surface area contributed by atoms with Crippen LogP contribution in [0.3, 0.4) is 0 Å². The average Bonchev–Trinajstić information content (AvgIpc) is 3.19. The summed E-state index contributed by atoms with van der Waals surface area (Å²) in [4.78, 5) is 39.1. The van der Waals surface area contributed by atoms with Crippen molar-refractivity contribution in [1.29, 1.82) is 0 Å². The molecule has 5 rings (SSSR count). The Balaban J connectivity index is 1.27. The molecule has 0 aliphatic carbocycles. The van der Waals surface area contributed by atoms with Crippen LogP contribution in [0.1, 0.15) is 18.1 Å². The van der Waals surface area contributed by atoms with Gasteiger partial charge in [0.25, 0.3) is 11.1 Å². The number of carbonyl (C=O) groups is 3. The van der Waals surface area contributed by atoms with Gasteiger partial charge in [0.05, 0.1) is 11.5 Å². The van der Waals surface area contributed by atoms with E-state index < -0.39 is 23.6 Å². The molecule has 0 aromatic heterocycles. The molecule has 0 saturated carbocycles. The van der Waals surface area contributed by atoms with Crippen molar-refractivity contribution in [3.05, 3.63) is 106 Å². The molecule has 1 aliphatic heterocycles. The van der Waals surface area contributed by atoms with E-state index in [2.05, 4.69) is 29.6 Å². The van der Waals surface area contributed by atoms with Crippen LogP contribution in [0.25, 0.3) is 16.8 Å². The third kappa shape index (κ3) is 6.47. The highest BCUT2D eigenvalue weighted by molar-refractivity contribution is 8.18. The van der Waals surface area contributed by atoms with Crippen molar-refractivity contribution in [2.45, 2.75) is 13.5 Å². The minimum Gasteiger partial charge on any atom is -0.490 e. The Labute approximate surface area is 240 Å². The van der Waals surface area contributed by atoms with Gasteiger partial charge in [0.2, 0.25) is 5.91 Å². The van der Waals surface area contributed by atoms with E-state index in [1.165, 1.54) is 0 Å². The van der Waals surface area contributed by atoms with E-state index in [0.29, 0.717) is 41.0 Å². The molecule has 0 atom stereocenters. The second-order valence-corrected chi connectivity index (χ2v) is 10.4. The molecule has 1 fully saturated rings. The standard InChI is InChI=1S/C31H25ClN2O5S/c1-2-38-27-15-20(11-13-26(27)39-19-21-10-12-22-6-3-4-7-23(22)14-21)16-28-30(36)34(31(37)40-28)18-29(35)33-25-9-5-8-24(32)17-25/h3-17H,2,18-19H2,1H3,(H,33,35)/b28-16+. The fourth-order valence-electron chi connectivity index (χ4n) is 4.19. The van der Waals surface area contributed by atoms with Gasteiger partial charge in [-0.2, -0.15) is 0 Å². The Kier molecular flexibility index (Phi) is 8.38. The van der Waals surface area contributed by atoms with Gasteiger partial charge in [-0.25, -0.2) is 0 Å². The maximum atomic E-state index is 13.0. The number of carbonyl (C=O) groups excluding carboxylic acids is 3. The Hall–Kier alpha value is -4.27. The van der Waals surface area contributed by atoms with E-state index in [1.807, 2.05) is 25.1 Å². The number of imide groups is 1. The van der Waals surface area contributed by atoms with Crippen LogP contribution in [0.5, 0.6) is 11.5 Å². The summed E-state index contributed by atoms with van der Waals surface area (Å²) in [6.45, 7) is 2.26. The van der Waals surface area contributed by atoms with Crippen LogP contribution in [0.4, 0.5) is 10.5 Å². The van der Waals surface area contributed by atoms with E-state index in [1.54, 1.807) is 48.5 Å². The molecule has 0 unspecified atom stereocenters. The topological polar surface area (TPSA) is 84.9 Å². The zero-order chi connectivity index (χ0) is 28.1. The SMILES string of the molecule is CCOc1cc(/C=C2/SC(=O)N(CC(=O)Nc3cccc(Cl)c3)C2=O)ccc1OCc1ccc2ccccc2c1. The molecule has 1 aliphatic rings. The molecular weight excluding hydrogens is 548 g/mol. The van der Waals surface area contributed by atoms with Crippen molar-refractivity contribution in [3.63, 3.8) is 0 Å². The molecular formula is C31H25ClN2O5S. The number of halogens is 1. The number of hydrogen-bond acceptors (Lipinski definition) is 6. The fraction of sp³-hybridized carbons (Fsp3) is 0.129. The van der Waals surface area contributed by atoms with Crippen molar-refractivity contribution in [1.82, 2.24) is 4.90 Å². The van der Waals surface area contributed by atoms with E-state index >= 15 is 0 Å². The lowest BCUT2D eigenvalue weighted by Crippen LogP contribution is -2.36. The van der Waals surface area contributed by atoms with Gasteiger partial charge >= 0.3 is 0 Å². The average molecular weight is 573 g/mol. The first-order valence-corrected chi connectivity index (χ1v) is 13.8. The number of anilines is 1. The smallest absolute Gasteiger partial charge is 0.294 e. The summed E-state index contributed by atoms with van der Waals surface area (Å²) in [7, 11) is 0. The molecule has 40 heavy (non-hydrogen) atoms. The highest BCUT2D eigenvalue weighted by Crippen LogP contribution is 2.35. The molecule has 1 saturated heterocycles. The molecule has 0 bridgehead atoms. The molecule has 7 nitrogen and oxygen atoms in total. The molecule has 4 aromatic carbocycles. The van der Waals surface area contributed by atoms with Crippen LogP contribution in [-0.4, -0.2) is 35.1 Å². The van der Waals surface area contributed by atoms with Gasteiger partial charge in [-0.05, 0) is 83.1 Å². The van der Waals surface area contributed by atoms with Gasteiger partial charge in [-0.3, -0.25) is 19.3 Å². The van der Waals surface area contributed by atoms with Gasteiger partial charge < -0.3 is 14.8 Å². The van der Waals surface area contributed by atoms with Gasteiger partial charge in [-0.1, -0.05) is 60.1 Å². The Bertz CT molecular complexity index is 1640. The first kappa shape index (κ1) is 27.3. The maximum Gasteiger partial charge on any atom is 0.294 e. The number of amides is 3. The molecule has 202 valence electrons. The fourth-order valence-corrected chi connectivity index (χ4v) is 5.22. The summed E-state index contributed by atoms with van der Waals surface area (Å²) in [5.74, 6) is 0.0540. The number of benzene rings is 4. The minimum atomic E-state index is -0.536. The van der Waals surface area contributed by atoms with Crippen LogP contribution in [0.2, 0.25) is 5.02 Å². The van der Waals surface area contributed by atoms with Crippen LogP contribution in [0, 0.1) is 0 Å². The summed E-state index contributed by atoms with van der Waals surface area (Å²) in [6.07, 6.45) is 1.61. The van der Waals surface area contributed by atoms with Crippen molar-refractivity contribution in [3.8, 4) is 11.5 Å². The molecule has 4 aromatic rings. The molecule has 3 amide bonds. The van der Waals surface area contributed by atoms with Crippen LogP contribution < -0.4 is 14.8 Å². The lowest BCUT2D eigenvalue weighted by Gasteiger charge is -2.13. The second kappa shape index (κ2) is 12.3. The summed E-state index contributed by atoms with van der Waals surface area (Å²) < 4.78 is 11.9. The summed E-state index contributed by atoms with van der Waals surface area (Å²) >= 11 is 6.73. The lowest BCUT2D eigenvalue weighted by molar-refractivity contribution is -0.127. The zero-order valence-corrected chi connectivity index (χ0v) is 23.1. The number of nitrogens with zero attached hydrogens (tertiary/aromatic N) is 1. The van der Waals surface area contributed by atoms with Crippen LogP contribution >= 0.6 is 23.4 Å². The third-order valence-electron chi connectivity index (χ3n) is 6.06. The van der Waals surface area contributed by atoms with Gasteiger partial charge in [-0.15, -0.1) is 0 Å². The minimum absolute atomic E-state index is 0.216. The summed E-state index contributed by atoms with van der Waals surface area (Å²) in [5.41, 5.74) is 2.17. The van der Waals surface area contributed by atoms with Crippen molar-refractivity contribution >= 4 is 63.0 Å². The number of ether oxygens (including phenoxy) is 2. The first-order valence-electron chi connectivity index (χ1n) is 12.6. The van der Waals surface area contributed by atoms with Crippen molar-refractivity contribution in [2.24, 2.45) is 0 Å². The predicted molar refractivity (Wildman–Crippen MR) is 159 cm³/mol. The Morgan fingerprint density at radius 3 is 2.55 bits per heavy atom. The van der Waals surface area contributed by atoms with E-state index in [0.717, 1.165) is 33.0 Å². The van der Waals surface area contributed by atoms with Crippen LogP contribution in [-0.2, 0) is 16.2 Å². The zero-order valence-electron chi connectivity index (χ0n) is 21.6. The normalized spacial score (nSPS) is 14.2. The number of hydrogen-bond donors (Lipinski definition) is 1. The Morgan fingerprint density at radius 2 is 1.75 bits per heavy atom. The largest absolute Gasteiger partial charge is 0.490 e. The summed E-state index contributed by atoms with van der Waals surface area (Å²) in [5, 5.41) is 4.89. The monoisotopic (exact) mass is 572 g/mol. The summed E-state index contributed by atoms with van der Waals surface area (Å²) in [6, 6.07) is 26.3. The van der Waals surface area contributed by atoms with Crippen LogP contribution in [0.15, 0.2) is 89.8 Å². The van der Waals surface area contributed by atoms with E-state index in [-0.39, 0.29) is 4.91 Å². The van der Waals surface area contributed by atoms with Gasteiger partial charge in [0.15, 0.2) is 11.5 Å². The third-order valence-corrected chi connectivity index (χ3v) is 7.20. The second-order valence-electron chi connectivity index (χ2n) is 8.94. The first-order chi connectivity index (χ1) is 19.4. The number of fused-ring (bicyclic) bond motifs is 1. The number of nitrogens with one attached hydrogen (secondary N) is 1.